The van der Waals surface area contributed by atoms with Gasteiger partial charge in [0.1, 0.15) is 5.65 Å². The van der Waals surface area contributed by atoms with E-state index in [0.29, 0.717) is 18.6 Å². The normalized spacial score (nSPS) is 19.5. The van der Waals surface area contributed by atoms with E-state index in [1.165, 1.54) is 67.0 Å². The number of aromatic nitrogens is 3. The van der Waals surface area contributed by atoms with Gasteiger partial charge >= 0.3 is 0 Å². The maximum atomic E-state index is 13.5. The van der Waals surface area contributed by atoms with E-state index in [9.17, 15) is 4.79 Å². The van der Waals surface area contributed by atoms with Gasteiger partial charge in [0, 0.05) is 29.6 Å². The van der Waals surface area contributed by atoms with Gasteiger partial charge in [0.15, 0.2) is 0 Å². The third kappa shape index (κ3) is 4.05. The van der Waals surface area contributed by atoms with E-state index in [1.54, 1.807) is 0 Å². The van der Waals surface area contributed by atoms with Crippen LogP contribution in [0, 0.1) is 0 Å². The lowest BCUT2D eigenvalue weighted by atomic mass is 9.88. The smallest absolute Gasteiger partial charge is 0.255 e. The van der Waals surface area contributed by atoms with Crippen molar-refractivity contribution in [3.05, 3.63) is 63.1 Å². The van der Waals surface area contributed by atoms with Crippen LogP contribution >= 0.6 is 0 Å². The summed E-state index contributed by atoms with van der Waals surface area (Å²) in [6.07, 6.45) is 16.5. The molecule has 2 heterocycles. The lowest BCUT2D eigenvalue weighted by molar-refractivity contribution is 0.309. The molecule has 3 aliphatic rings. The molecule has 33 heavy (non-hydrogen) atoms. The van der Waals surface area contributed by atoms with Gasteiger partial charge in [-0.15, -0.1) is 0 Å². The van der Waals surface area contributed by atoms with Gasteiger partial charge in [0.2, 0.25) is 0 Å². The summed E-state index contributed by atoms with van der Waals surface area (Å²) in [5.41, 5.74) is 6.23. The van der Waals surface area contributed by atoms with Crippen LogP contribution in [0.1, 0.15) is 92.5 Å². The van der Waals surface area contributed by atoms with Crippen LogP contribution in [0.5, 0.6) is 0 Å². The van der Waals surface area contributed by atoms with Gasteiger partial charge in [-0.2, -0.15) is 5.10 Å². The van der Waals surface area contributed by atoms with Crippen LogP contribution in [0.25, 0.3) is 11.0 Å². The zero-order valence-corrected chi connectivity index (χ0v) is 19.7. The molecular weight excluding hydrogens is 408 g/mol. The predicted molar refractivity (Wildman–Crippen MR) is 133 cm³/mol. The molecule has 3 aliphatic carbocycles. The second-order valence-electron chi connectivity index (χ2n) is 10.5. The van der Waals surface area contributed by atoms with Crippen LogP contribution in [0.15, 0.2) is 35.3 Å². The number of pyridine rings is 1. The lowest BCUT2D eigenvalue weighted by Gasteiger charge is -2.30. The van der Waals surface area contributed by atoms with E-state index in [0.717, 1.165) is 49.9 Å². The Kier molecular flexibility index (Phi) is 5.83. The molecule has 1 aromatic carbocycles. The second-order valence-corrected chi connectivity index (χ2v) is 10.5. The lowest BCUT2D eigenvalue weighted by Crippen LogP contribution is -2.34. The highest BCUT2D eigenvalue weighted by Crippen LogP contribution is 2.35. The molecule has 0 atom stereocenters. The highest BCUT2D eigenvalue weighted by Gasteiger charge is 2.28. The molecule has 0 aliphatic heterocycles. The van der Waals surface area contributed by atoms with E-state index in [-0.39, 0.29) is 5.56 Å². The van der Waals surface area contributed by atoms with Crippen LogP contribution in [-0.4, -0.2) is 20.4 Å². The molecule has 0 unspecified atom stereocenters. The molecule has 0 spiro atoms. The summed E-state index contributed by atoms with van der Waals surface area (Å²) in [6.45, 7) is 1.66. The maximum absolute atomic E-state index is 13.5. The Morgan fingerprint density at radius 3 is 2.30 bits per heavy atom. The summed E-state index contributed by atoms with van der Waals surface area (Å²) in [4.78, 5) is 13.5. The number of hydrogen-bond donors (Lipinski definition) is 1. The van der Waals surface area contributed by atoms with Crippen molar-refractivity contribution >= 4 is 11.0 Å². The number of nitrogens with zero attached hydrogens (tertiary/aromatic N) is 3. The summed E-state index contributed by atoms with van der Waals surface area (Å²) in [5.74, 6) is 0. The van der Waals surface area contributed by atoms with Crippen molar-refractivity contribution in [1.29, 1.82) is 0 Å². The zero-order chi connectivity index (χ0) is 22.2. The molecule has 6 rings (SSSR count). The Morgan fingerprint density at radius 1 is 0.848 bits per heavy atom. The summed E-state index contributed by atoms with van der Waals surface area (Å²) in [7, 11) is 0. The standard InChI is InChI=1S/C28H36N4O/c33-28-25-12-5-4-11-24(25)26-18-30-31(27(26)32(28)23-9-6-10-23)19-21-15-13-20(14-16-21)17-29-22-7-2-1-3-8-22/h13-16,18,22-23,29H,1-12,17,19H2. The third-order valence-corrected chi connectivity index (χ3v) is 8.30. The highest BCUT2D eigenvalue weighted by molar-refractivity contribution is 5.81. The molecule has 0 saturated heterocycles. The summed E-state index contributed by atoms with van der Waals surface area (Å²) in [6, 6.07) is 9.99. The molecule has 5 heteroatoms. The Hall–Kier alpha value is -2.40. The highest BCUT2D eigenvalue weighted by atomic mass is 16.1. The first kappa shape index (κ1) is 21.2. The van der Waals surface area contributed by atoms with E-state index >= 15 is 0 Å². The fourth-order valence-corrected chi connectivity index (χ4v) is 6.13. The first-order valence-electron chi connectivity index (χ1n) is 13.2. The quantitative estimate of drug-likeness (QED) is 0.563. The molecule has 2 aromatic heterocycles. The number of rotatable bonds is 6. The molecule has 2 fully saturated rings. The van der Waals surface area contributed by atoms with Crippen LogP contribution < -0.4 is 10.9 Å². The average Bonchev–Trinajstić information content (AvgIpc) is 3.24. The Balaban J connectivity index is 1.27. The minimum atomic E-state index is 0.257. The van der Waals surface area contributed by atoms with Gasteiger partial charge in [-0.25, -0.2) is 4.68 Å². The summed E-state index contributed by atoms with van der Waals surface area (Å²) in [5, 5.41) is 9.76. The van der Waals surface area contributed by atoms with Crippen molar-refractivity contribution < 1.29 is 0 Å². The number of fused-ring (bicyclic) bond motifs is 3. The molecule has 0 amide bonds. The number of nitrogens with one attached hydrogen (secondary N) is 1. The largest absolute Gasteiger partial charge is 0.310 e. The molecule has 2 saturated carbocycles. The van der Waals surface area contributed by atoms with E-state index in [2.05, 4.69) is 38.8 Å². The van der Waals surface area contributed by atoms with Crippen molar-refractivity contribution in [3.8, 4) is 0 Å². The second kappa shape index (κ2) is 9.09. The zero-order valence-electron chi connectivity index (χ0n) is 19.7. The summed E-state index contributed by atoms with van der Waals surface area (Å²) >= 11 is 0. The van der Waals surface area contributed by atoms with Crippen LogP contribution in [0.3, 0.4) is 0 Å². The van der Waals surface area contributed by atoms with Crippen molar-refractivity contribution in [2.24, 2.45) is 0 Å². The topological polar surface area (TPSA) is 51.9 Å². The van der Waals surface area contributed by atoms with Gasteiger partial charge < -0.3 is 5.32 Å². The SMILES string of the molecule is O=c1c2c(c3cnn(Cc4ccc(CNC5CCCCC5)cc4)c3n1C1CCC1)CCCC2. The molecular formula is C28H36N4O. The number of hydrogen-bond acceptors (Lipinski definition) is 3. The van der Waals surface area contributed by atoms with Crippen molar-refractivity contribution in [2.75, 3.05) is 0 Å². The van der Waals surface area contributed by atoms with Crippen molar-refractivity contribution in [2.45, 2.75) is 102 Å². The minimum absolute atomic E-state index is 0.257. The number of aryl methyl sites for hydroxylation is 1. The van der Waals surface area contributed by atoms with Gasteiger partial charge in [-0.3, -0.25) is 9.36 Å². The monoisotopic (exact) mass is 444 g/mol. The average molecular weight is 445 g/mol. The molecule has 5 nitrogen and oxygen atoms in total. The van der Waals surface area contributed by atoms with E-state index in [1.807, 2.05) is 6.20 Å². The van der Waals surface area contributed by atoms with E-state index < -0.39 is 0 Å². The van der Waals surface area contributed by atoms with Crippen LogP contribution in [0.2, 0.25) is 0 Å². The predicted octanol–water partition coefficient (Wildman–Crippen LogP) is 5.27. The fraction of sp³-hybridized carbons (Fsp3) is 0.571. The molecule has 0 radical (unpaired) electrons. The third-order valence-electron chi connectivity index (χ3n) is 8.30. The molecule has 3 aromatic rings. The van der Waals surface area contributed by atoms with Gasteiger partial charge in [-0.1, -0.05) is 43.5 Å². The molecule has 0 bridgehead atoms. The fourth-order valence-electron chi connectivity index (χ4n) is 6.13. The van der Waals surface area contributed by atoms with Gasteiger partial charge in [0.25, 0.3) is 5.56 Å². The Bertz CT molecular complexity index is 1180. The first-order valence-corrected chi connectivity index (χ1v) is 13.2. The number of benzene rings is 1. The van der Waals surface area contributed by atoms with Gasteiger partial charge in [-0.05, 0) is 74.5 Å². The molecule has 174 valence electrons. The van der Waals surface area contributed by atoms with Crippen molar-refractivity contribution in [3.63, 3.8) is 0 Å². The van der Waals surface area contributed by atoms with Crippen molar-refractivity contribution in [1.82, 2.24) is 19.7 Å². The molecule has 1 N–H and O–H groups in total. The summed E-state index contributed by atoms with van der Waals surface area (Å²) < 4.78 is 4.19. The first-order chi connectivity index (χ1) is 16.3. The minimum Gasteiger partial charge on any atom is -0.310 e. The maximum Gasteiger partial charge on any atom is 0.255 e. The van der Waals surface area contributed by atoms with Crippen LogP contribution in [0.4, 0.5) is 0 Å². The Morgan fingerprint density at radius 2 is 1.58 bits per heavy atom. The Labute approximate surface area is 196 Å². The van der Waals surface area contributed by atoms with Crippen LogP contribution in [-0.2, 0) is 25.9 Å². The van der Waals surface area contributed by atoms with Gasteiger partial charge in [0.05, 0.1) is 12.7 Å². The van der Waals surface area contributed by atoms with E-state index in [4.69, 9.17) is 5.10 Å².